The van der Waals surface area contributed by atoms with Gasteiger partial charge < -0.3 is 0 Å². The molecule has 0 aliphatic heterocycles. The molecular weight excluding hydrogens is 108 g/mol. The van der Waals surface area contributed by atoms with Crippen molar-refractivity contribution in [2.45, 2.75) is 6.92 Å². The van der Waals surface area contributed by atoms with E-state index in [2.05, 4.69) is 0 Å². The van der Waals surface area contributed by atoms with Gasteiger partial charge in [0.25, 0.3) is 0 Å². The van der Waals surface area contributed by atoms with E-state index in [0.29, 0.717) is 0 Å². The van der Waals surface area contributed by atoms with Crippen LogP contribution in [-0.4, -0.2) is 0 Å². The second-order valence-corrected chi connectivity index (χ2v) is 2.06. The smallest absolute Gasteiger partial charge is 0.00926 e. The molecule has 0 atom stereocenters. The van der Waals surface area contributed by atoms with Crippen LogP contribution in [0, 0.1) is 13.5 Å². The minimum atomic E-state index is 0.959. The predicted octanol–water partition coefficient (Wildman–Crippen LogP) is 2.32. The van der Waals surface area contributed by atoms with Gasteiger partial charge in [0.05, 0.1) is 0 Å². The maximum atomic E-state index is 6.89. The van der Waals surface area contributed by atoms with Gasteiger partial charge in [0.15, 0.2) is 0 Å². The van der Waals surface area contributed by atoms with Crippen molar-refractivity contribution in [3.8, 4) is 0 Å². The van der Waals surface area contributed by atoms with Crippen molar-refractivity contribution in [3.05, 3.63) is 42.0 Å². The summed E-state index contributed by atoms with van der Waals surface area (Å²) in [4.78, 5) is 0. The molecule has 2 radical (unpaired) electrons. The Morgan fingerprint density at radius 1 is 1.22 bits per heavy atom. The Kier molecular flexibility index (Phi) is 1.69. The third-order valence-electron chi connectivity index (χ3n) is 1.24. The molecule has 0 fully saturated rings. The van der Waals surface area contributed by atoms with Crippen LogP contribution in [0.25, 0.3) is 6.08 Å². The summed E-state index contributed by atoms with van der Waals surface area (Å²) >= 11 is 0. The van der Waals surface area contributed by atoms with Crippen molar-refractivity contribution in [1.82, 2.24) is 0 Å². The minimum absolute atomic E-state index is 0.959. The first-order valence-corrected chi connectivity index (χ1v) is 2.90. The molecule has 0 saturated heterocycles. The van der Waals surface area contributed by atoms with Gasteiger partial charge in [0.1, 0.15) is 0 Å². The largest absolute Gasteiger partial charge is 0.0587 e. The van der Waals surface area contributed by atoms with Gasteiger partial charge in [-0.3, -0.25) is 0 Å². The lowest BCUT2D eigenvalue weighted by molar-refractivity contribution is 1.46. The molecule has 0 unspecified atom stereocenters. The summed E-state index contributed by atoms with van der Waals surface area (Å²) in [5.74, 6) is 0. The molecule has 0 heteroatoms. The van der Waals surface area contributed by atoms with Crippen LogP contribution in [-0.2, 0) is 0 Å². The number of rotatable bonds is 1. The summed E-state index contributed by atoms with van der Waals surface area (Å²) in [6.45, 7) is 8.92. The van der Waals surface area contributed by atoms with E-state index in [1.54, 1.807) is 0 Å². The summed E-state index contributed by atoms with van der Waals surface area (Å²) < 4.78 is 0. The fourth-order valence-corrected chi connectivity index (χ4v) is 0.663. The Labute approximate surface area is 55.8 Å². The van der Waals surface area contributed by atoms with Crippen molar-refractivity contribution in [3.63, 3.8) is 0 Å². The highest BCUT2D eigenvalue weighted by molar-refractivity contribution is 5.45. The van der Waals surface area contributed by atoms with Gasteiger partial charge in [-0.05, 0) is 25.1 Å². The van der Waals surface area contributed by atoms with E-state index < -0.39 is 0 Å². The molecule has 0 bridgehead atoms. The summed E-state index contributed by atoms with van der Waals surface area (Å²) in [7, 11) is 0. The highest BCUT2D eigenvalue weighted by atomic mass is 13.9. The Hall–Kier alpha value is -1.04. The van der Waals surface area contributed by atoms with Crippen molar-refractivity contribution in [1.29, 1.82) is 0 Å². The van der Waals surface area contributed by atoms with Crippen molar-refractivity contribution < 1.29 is 0 Å². The van der Waals surface area contributed by atoms with E-state index in [1.807, 2.05) is 31.2 Å². The molecule has 0 amide bonds. The predicted molar refractivity (Wildman–Crippen MR) is 38.9 cm³/mol. The Balaban J connectivity index is 3.01. The van der Waals surface area contributed by atoms with Crippen molar-refractivity contribution in [2.24, 2.45) is 0 Å². The Bertz CT molecular complexity index is 194. The fraction of sp³-hybridized carbons (Fsp3) is 0.111. The van der Waals surface area contributed by atoms with Crippen LogP contribution in [0.3, 0.4) is 0 Å². The van der Waals surface area contributed by atoms with Gasteiger partial charge in [-0.25, -0.2) is 0 Å². The quantitative estimate of drug-likeness (QED) is 0.528. The molecule has 0 aliphatic rings. The lowest BCUT2D eigenvalue weighted by Gasteiger charge is -1.91. The maximum Gasteiger partial charge on any atom is -0.00926 e. The van der Waals surface area contributed by atoms with Gasteiger partial charge in [0.2, 0.25) is 0 Å². The first-order chi connectivity index (χ1) is 4.33. The van der Waals surface area contributed by atoms with Crippen LogP contribution in [0.15, 0.2) is 24.3 Å². The van der Waals surface area contributed by atoms with Gasteiger partial charge in [-0.2, -0.15) is 0 Å². The molecule has 9 heavy (non-hydrogen) atoms. The normalized spacial score (nSPS) is 9.00. The molecule has 0 spiro atoms. The zero-order valence-electron chi connectivity index (χ0n) is 5.39. The number of aryl methyl sites for hydroxylation is 1. The minimum Gasteiger partial charge on any atom is -0.0587 e. The molecule has 1 rings (SSSR count). The summed E-state index contributed by atoms with van der Waals surface area (Å²) in [5, 5.41) is 0. The second-order valence-electron chi connectivity index (χ2n) is 2.06. The Morgan fingerprint density at radius 3 is 2.22 bits per heavy atom. The number of hydrogen-bond acceptors (Lipinski definition) is 0. The molecule has 0 aliphatic carbocycles. The van der Waals surface area contributed by atoms with Crippen LogP contribution < -0.4 is 0 Å². The van der Waals surface area contributed by atoms with E-state index >= 15 is 0 Å². The van der Waals surface area contributed by atoms with E-state index in [9.17, 15) is 0 Å². The van der Waals surface area contributed by atoms with Crippen LogP contribution in [0.2, 0.25) is 0 Å². The maximum absolute atomic E-state index is 6.89. The average Bonchev–Trinajstić information content (AvgIpc) is 1.90. The van der Waals surface area contributed by atoms with E-state index in [1.165, 1.54) is 11.6 Å². The van der Waals surface area contributed by atoms with Crippen LogP contribution in [0.5, 0.6) is 0 Å². The lowest BCUT2D eigenvalue weighted by atomic mass is 10.2. The van der Waals surface area contributed by atoms with E-state index in [4.69, 9.17) is 6.58 Å². The molecule has 1 aromatic carbocycles. The molecule has 0 aromatic heterocycles. The summed E-state index contributed by atoms with van der Waals surface area (Å²) in [6.07, 6.45) is 1.35. The van der Waals surface area contributed by atoms with Gasteiger partial charge >= 0.3 is 0 Å². The third kappa shape index (κ3) is 1.43. The first-order valence-electron chi connectivity index (χ1n) is 2.90. The van der Waals surface area contributed by atoms with Crippen molar-refractivity contribution in [2.75, 3.05) is 0 Å². The van der Waals surface area contributed by atoms with Crippen LogP contribution in [0.4, 0.5) is 0 Å². The monoisotopic (exact) mass is 116 g/mol. The highest BCUT2D eigenvalue weighted by Gasteiger charge is 1.82. The molecule has 0 N–H and O–H groups in total. The molecule has 0 saturated carbocycles. The number of benzene rings is 1. The highest BCUT2D eigenvalue weighted by Crippen LogP contribution is 2.02. The van der Waals surface area contributed by atoms with Gasteiger partial charge in [-0.15, -0.1) is 0 Å². The zero-order valence-corrected chi connectivity index (χ0v) is 5.39. The SMILES string of the molecule is [C]=Cc1ccc(C)cc1. The molecule has 1 aromatic rings. The molecule has 0 heterocycles. The first kappa shape index (κ1) is 6.09. The fourth-order valence-electron chi connectivity index (χ4n) is 0.663. The summed E-state index contributed by atoms with van der Waals surface area (Å²) in [5.41, 5.74) is 2.20. The lowest BCUT2D eigenvalue weighted by Crippen LogP contribution is -1.71. The third-order valence-corrected chi connectivity index (χ3v) is 1.24. The Morgan fingerprint density at radius 2 is 1.78 bits per heavy atom. The van der Waals surface area contributed by atoms with E-state index in [-0.39, 0.29) is 0 Å². The average molecular weight is 116 g/mol. The van der Waals surface area contributed by atoms with Crippen LogP contribution in [0.1, 0.15) is 11.1 Å². The molecule has 44 valence electrons. The van der Waals surface area contributed by atoms with Gasteiger partial charge in [0, 0.05) is 0 Å². The van der Waals surface area contributed by atoms with Gasteiger partial charge in [-0.1, -0.05) is 29.8 Å². The molecular formula is C9H8. The standard InChI is InChI=1S/C9H8/c1-3-9-6-4-8(2)5-7-9/h3-7H,2H3. The number of hydrogen-bond donors (Lipinski definition) is 0. The van der Waals surface area contributed by atoms with Crippen LogP contribution >= 0.6 is 0 Å². The topological polar surface area (TPSA) is 0 Å². The second kappa shape index (κ2) is 2.49. The van der Waals surface area contributed by atoms with Crippen molar-refractivity contribution >= 4 is 6.08 Å². The zero-order chi connectivity index (χ0) is 6.69. The summed E-state index contributed by atoms with van der Waals surface area (Å²) in [6, 6.07) is 7.87. The molecule has 0 nitrogen and oxygen atoms in total. The van der Waals surface area contributed by atoms with E-state index in [0.717, 1.165) is 5.56 Å².